The van der Waals surface area contributed by atoms with Crippen molar-refractivity contribution in [1.82, 2.24) is 0 Å². The molecule has 7 heteroatoms. The molecule has 0 saturated carbocycles. The summed E-state index contributed by atoms with van der Waals surface area (Å²) in [6.45, 7) is 0. The van der Waals surface area contributed by atoms with Gasteiger partial charge < -0.3 is 5.32 Å². The fraction of sp³-hybridized carbons (Fsp3) is 0. The van der Waals surface area contributed by atoms with Crippen molar-refractivity contribution in [3.63, 3.8) is 0 Å². The molecule has 0 fully saturated rings. The van der Waals surface area contributed by atoms with Crippen molar-refractivity contribution in [3.05, 3.63) is 65.0 Å². The van der Waals surface area contributed by atoms with Crippen LogP contribution in [0, 0.1) is 29.1 Å². The van der Waals surface area contributed by atoms with E-state index in [9.17, 15) is 26.7 Å². The Kier molecular flexibility index (Phi) is 3.69. The Bertz CT molecular complexity index is 687. The van der Waals surface area contributed by atoms with Crippen LogP contribution in [-0.4, -0.2) is 5.91 Å². The monoisotopic (exact) mass is 287 g/mol. The number of anilines is 1. The molecule has 20 heavy (non-hydrogen) atoms. The molecule has 2 aromatic carbocycles. The molecular weight excluding hydrogens is 281 g/mol. The van der Waals surface area contributed by atoms with Gasteiger partial charge in [0, 0.05) is 12.1 Å². The van der Waals surface area contributed by atoms with E-state index < -0.39 is 46.2 Å². The SMILES string of the molecule is O=C(Nc1cc(F)c(F)cc1F)c1cc(F)ccc1F. The number of amides is 1. The largest absolute Gasteiger partial charge is 0.319 e. The third kappa shape index (κ3) is 2.76. The molecule has 2 rings (SSSR count). The van der Waals surface area contributed by atoms with Crippen molar-refractivity contribution in [3.8, 4) is 0 Å². The van der Waals surface area contributed by atoms with Crippen LogP contribution in [0.15, 0.2) is 30.3 Å². The van der Waals surface area contributed by atoms with Gasteiger partial charge in [0.2, 0.25) is 0 Å². The predicted octanol–water partition coefficient (Wildman–Crippen LogP) is 3.63. The number of rotatable bonds is 2. The molecule has 0 aliphatic rings. The average Bonchev–Trinajstić information content (AvgIpc) is 2.38. The van der Waals surface area contributed by atoms with Gasteiger partial charge in [-0.15, -0.1) is 0 Å². The van der Waals surface area contributed by atoms with Gasteiger partial charge in [-0.1, -0.05) is 0 Å². The number of carbonyl (C=O) groups is 1. The van der Waals surface area contributed by atoms with E-state index in [0.717, 1.165) is 6.07 Å². The van der Waals surface area contributed by atoms with Gasteiger partial charge in [0.25, 0.3) is 5.91 Å². The van der Waals surface area contributed by atoms with Gasteiger partial charge in [-0.25, -0.2) is 22.0 Å². The van der Waals surface area contributed by atoms with Gasteiger partial charge in [0.05, 0.1) is 11.3 Å². The van der Waals surface area contributed by atoms with E-state index in [-0.39, 0.29) is 6.07 Å². The predicted molar refractivity (Wildman–Crippen MR) is 60.6 cm³/mol. The van der Waals surface area contributed by atoms with Crippen molar-refractivity contribution < 1.29 is 26.7 Å². The molecule has 0 radical (unpaired) electrons. The lowest BCUT2D eigenvalue weighted by molar-refractivity contribution is 0.102. The summed E-state index contributed by atoms with van der Waals surface area (Å²) in [7, 11) is 0. The molecule has 2 aromatic rings. The molecule has 0 heterocycles. The number of carbonyl (C=O) groups excluding carboxylic acids is 1. The summed E-state index contributed by atoms with van der Waals surface area (Å²) in [6, 6.07) is 2.74. The number of hydrogen-bond donors (Lipinski definition) is 1. The van der Waals surface area contributed by atoms with Crippen LogP contribution in [-0.2, 0) is 0 Å². The van der Waals surface area contributed by atoms with Crippen LogP contribution in [0.5, 0.6) is 0 Å². The molecule has 0 aliphatic carbocycles. The summed E-state index contributed by atoms with van der Waals surface area (Å²) in [6.07, 6.45) is 0. The molecule has 0 bridgehead atoms. The molecule has 0 atom stereocenters. The Labute approximate surface area is 109 Å². The molecule has 0 unspecified atom stereocenters. The Balaban J connectivity index is 2.32. The molecule has 1 amide bonds. The van der Waals surface area contributed by atoms with Crippen molar-refractivity contribution >= 4 is 11.6 Å². The summed E-state index contributed by atoms with van der Waals surface area (Å²) < 4.78 is 65.1. The van der Waals surface area contributed by atoms with Crippen LogP contribution < -0.4 is 5.32 Å². The van der Waals surface area contributed by atoms with Crippen LogP contribution in [0.2, 0.25) is 0 Å². The number of nitrogens with one attached hydrogen (secondary N) is 1. The van der Waals surface area contributed by atoms with E-state index in [0.29, 0.717) is 18.2 Å². The van der Waals surface area contributed by atoms with Crippen molar-refractivity contribution in [2.24, 2.45) is 0 Å². The number of halogens is 5. The van der Waals surface area contributed by atoms with E-state index in [1.807, 2.05) is 5.32 Å². The zero-order valence-electron chi connectivity index (χ0n) is 9.68. The standard InChI is InChI=1S/C13H6F5NO/c14-6-1-2-8(15)7(3-6)13(20)19-12-5-10(17)9(16)4-11(12)18/h1-5H,(H,19,20). The first-order valence-electron chi connectivity index (χ1n) is 5.29. The normalized spacial score (nSPS) is 10.4. The first kappa shape index (κ1) is 14.0. The highest BCUT2D eigenvalue weighted by Crippen LogP contribution is 2.20. The maximum atomic E-state index is 13.3. The molecule has 104 valence electrons. The Morgan fingerprint density at radius 3 is 2.15 bits per heavy atom. The van der Waals surface area contributed by atoms with Crippen LogP contribution in [0.3, 0.4) is 0 Å². The fourth-order valence-electron chi connectivity index (χ4n) is 1.48. The van der Waals surface area contributed by atoms with E-state index in [1.165, 1.54) is 0 Å². The Morgan fingerprint density at radius 2 is 1.45 bits per heavy atom. The lowest BCUT2D eigenvalue weighted by Crippen LogP contribution is -2.15. The first-order valence-corrected chi connectivity index (χ1v) is 5.29. The molecule has 1 N–H and O–H groups in total. The summed E-state index contributed by atoms with van der Waals surface area (Å²) in [5, 5.41) is 1.84. The van der Waals surface area contributed by atoms with Gasteiger partial charge >= 0.3 is 0 Å². The average molecular weight is 287 g/mol. The second-order valence-corrected chi connectivity index (χ2v) is 3.82. The number of benzene rings is 2. The van der Waals surface area contributed by atoms with E-state index in [4.69, 9.17) is 0 Å². The molecule has 0 aliphatic heterocycles. The van der Waals surface area contributed by atoms with Gasteiger partial charge in [-0.05, 0) is 18.2 Å². The van der Waals surface area contributed by atoms with Crippen molar-refractivity contribution in [1.29, 1.82) is 0 Å². The highest BCUT2D eigenvalue weighted by atomic mass is 19.2. The topological polar surface area (TPSA) is 29.1 Å². The first-order chi connectivity index (χ1) is 9.38. The molecule has 2 nitrogen and oxygen atoms in total. The van der Waals surface area contributed by atoms with E-state index in [2.05, 4.69) is 0 Å². The van der Waals surface area contributed by atoms with Crippen LogP contribution in [0.25, 0.3) is 0 Å². The van der Waals surface area contributed by atoms with Crippen LogP contribution in [0.4, 0.5) is 27.6 Å². The van der Waals surface area contributed by atoms with Crippen molar-refractivity contribution in [2.75, 3.05) is 5.32 Å². The Morgan fingerprint density at radius 1 is 0.800 bits per heavy atom. The molecular formula is C13H6F5NO. The zero-order valence-corrected chi connectivity index (χ0v) is 9.68. The summed E-state index contributed by atoms with van der Waals surface area (Å²) in [5.41, 5.74) is -1.37. The maximum Gasteiger partial charge on any atom is 0.258 e. The third-order valence-electron chi connectivity index (χ3n) is 2.43. The summed E-state index contributed by atoms with van der Waals surface area (Å²) in [4.78, 5) is 11.6. The number of hydrogen-bond acceptors (Lipinski definition) is 1. The minimum Gasteiger partial charge on any atom is -0.319 e. The lowest BCUT2D eigenvalue weighted by atomic mass is 10.2. The quantitative estimate of drug-likeness (QED) is 0.663. The maximum absolute atomic E-state index is 13.3. The fourth-order valence-corrected chi connectivity index (χ4v) is 1.48. The molecule has 0 aromatic heterocycles. The van der Waals surface area contributed by atoms with E-state index in [1.54, 1.807) is 0 Å². The summed E-state index contributed by atoms with van der Waals surface area (Å²) >= 11 is 0. The van der Waals surface area contributed by atoms with Gasteiger partial charge in [-0.2, -0.15) is 0 Å². The van der Waals surface area contributed by atoms with E-state index >= 15 is 0 Å². The van der Waals surface area contributed by atoms with Gasteiger partial charge in [0.15, 0.2) is 11.6 Å². The summed E-state index contributed by atoms with van der Waals surface area (Å²) in [5.74, 6) is -7.16. The second kappa shape index (κ2) is 5.28. The van der Waals surface area contributed by atoms with Crippen LogP contribution in [0.1, 0.15) is 10.4 Å². The van der Waals surface area contributed by atoms with Gasteiger partial charge in [-0.3, -0.25) is 4.79 Å². The van der Waals surface area contributed by atoms with Crippen molar-refractivity contribution in [2.45, 2.75) is 0 Å². The minimum atomic E-state index is -1.43. The Hall–Kier alpha value is -2.44. The zero-order chi connectivity index (χ0) is 14.9. The van der Waals surface area contributed by atoms with Crippen LogP contribution >= 0.6 is 0 Å². The smallest absolute Gasteiger partial charge is 0.258 e. The molecule has 0 spiro atoms. The minimum absolute atomic E-state index is 0.229. The van der Waals surface area contributed by atoms with Gasteiger partial charge in [0.1, 0.15) is 17.5 Å². The second-order valence-electron chi connectivity index (χ2n) is 3.82. The highest BCUT2D eigenvalue weighted by molar-refractivity contribution is 6.04. The third-order valence-corrected chi connectivity index (χ3v) is 2.43. The highest BCUT2D eigenvalue weighted by Gasteiger charge is 2.16. The lowest BCUT2D eigenvalue weighted by Gasteiger charge is -2.08. The molecule has 0 saturated heterocycles.